The van der Waals surface area contributed by atoms with Crippen molar-refractivity contribution in [2.24, 2.45) is 11.8 Å². The Morgan fingerprint density at radius 1 is 1.30 bits per heavy atom. The molecule has 0 amide bonds. The smallest absolute Gasteiger partial charge is 0.303 e. The number of anilines is 1. The average Bonchev–Trinajstić information content (AvgIpc) is 2.81. The van der Waals surface area contributed by atoms with Crippen LogP contribution in [0.15, 0.2) is 0 Å². The number of hydrogen-bond donors (Lipinski definition) is 2. The molecule has 1 atom stereocenters. The van der Waals surface area contributed by atoms with Gasteiger partial charge in [0.15, 0.2) is 0 Å². The molecule has 0 bridgehead atoms. The fourth-order valence-corrected chi connectivity index (χ4v) is 2.76. The van der Waals surface area contributed by atoms with Gasteiger partial charge in [-0.15, -0.1) is 0 Å². The Morgan fingerprint density at radius 2 is 2.00 bits per heavy atom. The van der Waals surface area contributed by atoms with Crippen LogP contribution in [0.5, 0.6) is 0 Å². The summed E-state index contributed by atoms with van der Waals surface area (Å²) in [5.41, 5.74) is 0. The second-order valence-electron chi connectivity index (χ2n) is 5.76. The number of nitrogens with zero attached hydrogens (tertiary/aromatic N) is 2. The first-order valence-electron chi connectivity index (χ1n) is 7.19. The number of nitrogens with one attached hydrogen (secondary N) is 1. The van der Waals surface area contributed by atoms with Gasteiger partial charge in [0, 0.05) is 30.4 Å². The van der Waals surface area contributed by atoms with Crippen molar-refractivity contribution in [1.82, 2.24) is 9.36 Å². The second kappa shape index (κ2) is 8.19. The Kier molecular flexibility index (Phi) is 6.91. The van der Waals surface area contributed by atoms with Gasteiger partial charge in [-0.2, -0.15) is 4.37 Å². The van der Waals surface area contributed by atoms with Crippen LogP contribution in [0.25, 0.3) is 0 Å². The summed E-state index contributed by atoms with van der Waals surface area (Å²) in [7, 11) is 0. The van der Waals surface area contributed by atoms with E-state index in [0.29, 0.717) is 17.8 Å². The molecule has 20 heavy (non-hydrogen) atoms. The lowest BCUT2D eigenvalue weighted by Gasteiger charge is -2.19. The van der Waals surface area contributed by atoms with Crippen molar-refractivity contribution in [3.05, 3.63) is 5.82 Å². The van der Waals surface area contributed by atoms with Crippen LogP contribution in [0.3, 0.4) is 0 Å². The standard InChI is InChI=1S/C14H25N3O2S/c1-9(2)11(5-6-12(18)19)7-8-15-14-16-13(10(3)4)17-20-14/h9-11H,5-8H2,1-4H3,(H,18,19)(H,15,16,17). The summed E-state index contributed by atoms with van der Waals surface area (Å²) in [6.45, 7) is 9.26. The predicted octanol–water partition coefficient (Wildman–Crippen LogP) is 3.60. The van der Waals surface area contributed by atoms with E-state index < -0.39 is 5.97 Å². The Balaban J connectivity index is 2.37. The fraction of sp³-hybridized carbons (Fsp3) is 0.786. The van der Waals surface area contributed by atoms with Gasteiger partial charge in [0.25, 0.3) is 0 Å². The Morgan fingerprint density at radius 3 is 2.50 bits per heavy atom. The molecule has 0 saturated carbocycles. The number of carbonyl (C=O) groups is 1. The average molecular weight is 299 g/mol. The quantitative estimate of drug-likeness (QED) is 0.728. The lowest BCUT2D eigenvalue weighted by Crippen LogP contribution is -2.15. The minimum Gasteiger partial charge on any atom is -0.481 e. The van der Waals surface area contributed by atoms with Crippen LogP contribution in [0.4, 0.5) is 5.13 Å². The van der Waals surface area contributed by atoms with Crippen LogP contribution in [-0.4, -0.2) is 27.0 Å². The van der Waals surface area contributed by atoms with Gasteiger partial charge >= 0.3 is 5.97 Å². The maximum Gasteiger partial charge on any atom is 0.303 e. The lowest BCUT2D eigenvalue weighted by atomic mass is 9.88. The largest absolute Gasteiger partial charge is 0.481 e. The Hall–Kier alpha value is -1.17. The van der Waals surface area contributed by atoms with Crippen molar-refractivity contribution in [2.75, 3.05) is 11.9 Å². The number of hydrogen-bond acceptors (Lipinski definition) is 5. The highest BCUT2D eigenvalue weighted by molar-refractivity contribution is 7.09. The number of carboxylic acids is 1. The minimum atomic E-state index is -0.714. The van der Waals surface area contributed by atoms with E-state index in [-0.39, 0.29) is 6.42 Å². The van der Waals surface area contributed by atoms with Gasteiger partial charge in [0.1, 0.15) is 5.82 Å². The van der Waals surface area contributed by atoms with E-state index in [1.807, 2.05) is 0 Å². The molecule has 2 N–H and O–H groups in total. The highest BCUT2D eigenvalue weighted by atomic mass is 32.1. The first-order valence-corrected chi connectivity index (χ1v) is 7.96. The molecule has 1 unspecified atom stereocenters. The van der Waals surface area contributed by atoms with Gasteiger partial charge in [-0.25, -0.2) is 4.98 Å². The molecular formula is C14H25N3O2S. The predicted molar refractivity (Wildman–Crippen MR) is 82.3 cm³/mol. The van der Waals surface area contributed by atoms with Crippen LogP contribution in [-0.2, 0) is 4.79 Å². The van der Waals surface area contributed by atoms with Crippen LogP contribution in [0, 0.1) is 11.8 Å². The molecule has 0 radical (unpaired) electrons. The van der Waals surface area contributed by atoms with E-state index in [9.17, 15) is 4.79 Å². The third kappa shape index (κ3) is 5.86. The molecule has 0 aliphatic heterocycles. The van der Waals surface area contributed by atoms with Crippen LogP contribution in [0.2, 0.25) is 0 Å². The van der Waals surface area contributed by atoms with Crippen molar-refractivity contribution in [3.63, 3.8) is 0 Å². The van der Waals surface area contributed by atoms with Crippen molar-refractivity contribution < 1.29 is 9.90 Å². The minimum absolute atomic E-state index is 0.249. The first kappa shape index (κ1) is 16.9. The molecule has 0 fully saturated rings. The fourth-order valence-electron chi connectivity index (χ4n) is 2.03. The number of carboxylic acid groups (broad SMARTS) is 1. The SMILES string of the molecule is CC(C)c1nsc(NCCC(CCC(=O)O)C(C)C)n1. The van der Waals surface area contributed by atoms with Crippen LogP contribution >= 0.6 is 11.5 Å². The number of aromatic nitrogens is 2. The molecule has 0 spiro atoms. The highest BCUT2D eigenvalue weighted by Crippen LogP contribution is 2.22. The molecule has 0 saturated heterocycles. The second-order valence-corrected chi connectivity index (χ2v) is 6.52. The van der Waals surface area contributed by atoms with Gasteiger partial charge < -0.3 is 10.4 Å². The molecular weight excluding hydrogens is 274 g/mol. The van der Waals surface area contributed by atoms with E-state index in [1.165, 1.54) is 11.5 Å². The van der Waals surface area contributed by atoms with E-state index >= 15 is 0 Å². The van der Waals surface area contributed by atoms with Crippen molar-refractivity contribution in [1.29, 1.82) is 0 Å². The Bertz CT molecular complexity index is 418. The van der Waals surface area contributed by atoms with Gasteiger partial charge in [0.05, 0.1) is 0 Å². The zero-order valence-electron chi connectivity index (χ0n) is 12.7. The monoisotopic (exact) mass is 299 g/mol. The molecule has 6 heteroatoms. The number of rotatable bonds is 9. The molecule has 0 aliphatic rings. The molecule has 1 aromatic rings. The molecule has 114 valence electrons. The summed E-state index contributed by atoms with van der Waals surface area (Å²) in [4.78, 5) is 15.1. The molecule has 1 heterocycles. The van der Waals surface area contributed by atoms with E-state index in [2.05, 4.69) is 42.4 Å². The third-order valence-corrected chi connectivity index (χ3v) is 4.11. The van der Waals surface area contributed by atoms with Gasteiger partial charge in [0.2, 0.25) is 5.13 Å². The number of aliphatic carboxylic acids is 1. The van der Waals surface area contributed by atoms with Crippen molar-refractivity contribution >= 4 is 22.6 Å². The Labute approximate surface area is 125 Å². The highest BCUT2D eigenvalue weighted by Gasteiger charge is 2.15. The topological polar surface area (TPSA) is 75.1 Å². The summed E-state index contributed by atoms with van der Waals surface area (Å²) >= 11 is 1.39. The van der Waals surface area contributed by atoms with Crippen molar-refractivity contribution in [2.45, 2.75) is 52.9 Å². The first-order chi connectivity index (χ1) is 9.40. The van der Waals surface area contributed by atoms with Crippen molar-refractivity contribution in [3.8, 4) is 0 Å². The van der Waals surface area contributed by atoms with E-state index in [0.717, 1.165) is 30.3 Å². The summed E-state index contributed by atoms with van der Waals surface area (Å²) < 4.78 is 4.30. The zero-order valence-corrected chi connectivity index (χ0v) is 13.5. The molecule has 0 aromatic carbocycles. The lowest BCUT2D eigenvalue weighted by molar-refractivity contribution is -0.137. The van der Waals surface area contributed by atoms with E-state index in [1.54, 1.807) is 0 Å². The van der Waals surface area contributed by atoms with Crippen LogP contribution < -0.4 is 5.32 Å². The zero-order chi connectivity index (χ0) is 15.1. The molecule has 0 aliphatic carbocycles. The maximum absolute atomic E-state index is 10.7. The summed E-state index contributed by atoms with van der Waals surface area (Å²) in [5, 5.41) is 12.9. The van der Waals surface area contributed by atoms with Gasteiger partial charge in [-0.1, -0.05) is 27.7 Å². The van der Waals surface area contributed by atoms with Gasteiger partial charge in [-0.05, 0) is 24.7 Å². The summed E-state index contributed by atoms with van der Waals surface area (Å²) in [6.07, 6.45) is 1.95. The third-order valence-electron chi connectivity index (χ3n) is 3.42. The molecule has 5 nitrogen and oxygen atoms in total. The molecule has 1 rings (SSSR count). The van der Waals surface area contributed by atoms with Crippen LogP contribution in [0.1, 0.15) is 58.7 Å². The summed E-state index contributed by atoms with van der Waals surface area (Å²) in [5.74, 6) is 1.44. The van der Waals surface area contributed by atoms with Gasteiger partial charge in [-0.3, -0.25) is 4.79 Å². The van der Waals surface area contributed by atoms with E-state index in [4.69, 9.17) is 5.11 Å². The molecule has 1 aromatic heterocycles. The normalized spacial score (nSPS) is 12.9. The summed E-state index contributed by atoms with van der Waals surface area (Å²) in [6, 6.07) is 0. The maximum atomic E-state index is 10.7.